The van der Waals surface area contributed by atoms with Gasteiger partial charge >= 0.3 is 0 Å². The van der Waals surface area contributed by atoms with Crippen LogP contribution in [0.1, 0.15) is 42.1 Å². The van der Waals surface area contributed by atoms with Crippen molar-refractivity contribution in [1.29, 1.82) is 0 Å². The number of nitrogens with zero attached hydrogens (tertiary/aromatic N) is 1. The van der Waals surface area contributed by atoms with Gasteiger partial charge in [-0.05, 0) is 42.2 Å². The Morgan fingerprint density at radius 1 is 1.17 bits per heavy atom. The number of likely N-dealkylation sites (tertiary alicyclic amines) is 1. The molecule has 1 saturated heterocycles. The molecule has 6 heteroatoms. The summed E-state index contributed by atoms with van der Waals surface area (Å²) in [5.74, 6) is -0.885. The third-order valence-electron chi connectivity index (χ3n) is 5.35. The molecule has 1 heterocycles. The van der Waals surface area contributed by atoms with E-state index in [0.717, 1.165) is 12.0 Å². The Morgan fingerprint density at radius 2 is 1.93 bits per heavy atom. The lowest BCUT2D eigenvalue weighted by atomic mass is 9.88. The second-order valence-electron chi connectivity index (χ2n) is 7.93. The third-order valence-corrected chi connectivity index (χ3v) is 5.68. The molecule has 0 radical (unpaired) electrons. The SMILES string of the molecule is CC(C)CCNC(=O)[C@H]1CN(C(=O)c2ccccc2Cl)C[C@H]1c1cccc(F)c1. The lowest BCUT2D eigenvalue weighted by Crippen LogP contribution is -2.36. The number of hydrogen-bond acceptors (Lipinski definition) is 2. The maximum Gasteiger partial charge on any atom is 0.255 e. The van der Waals surface area contributed by atoms with E-state index in [1.807, 2.05) is 6.07 Å². The summed E-state index contributed by atoms with van der Waals surface area (Å²) >= 11 is 6.19. The lowest BCUT2D eigenvalue weighted by molar-refractivity contribution is -0.124. The maximum atomic E-state index is 13.8. The number of amides is 2. The number of halogens is 2. The quantitative estimate of drug-likeness (QED) is 0.753. The van der Waals surface area contributed by atoms with Gasteiger partial charge in [-0.25, -0.2) is 4.39 Å². The van der Waals surface area contributed by atoms with Crippen molar-refractivity contribution in [3.8, 4) is 0 Å². The molecule has 1 N–H and O–H groups in total. The number of hydrogen-bond donors (Lipinski definition) is 1. The van der Waals surface area contributed by atoms with Gasteiger partial charge in [0.1, 0.15) is 5.82 Å². The fourth-order valence-corrected chi connectivity index (χ4v) is 3.95. The summed E-state index contributed by atoms with van der Waals surface area (Å²) in [7, 11) is 0. The van der Waals surface area contributed by atoms with E-state index in [2.05, 4.69) is 19.2 Å². The van der Waals surface area contributed by atoms with E-state index in [1.54, 1.807) is 35.2 Å². The third kappa shape index (κ3) is 5.15. The summed E-state index contributed by atoms with van der Waals surface area (Å²) in [6.45, 7) is 5.40. The van der Waals surface area contributed by atoms with Gasteiger partial charge in [0.05, 0.1) is 16.5 Å². The Hall–Kier alpha value is -2.40. The van der Waals surface area contributed by atoms with E-state index < -0.39 is 5.92 Å². The van der Waals surface area contributed by atoms with Gasteiger partial charge in [0.25, 0.3) is 5.91 Å². The molecule has 1 aliphatic heterocycles. The first-order valence-corrected chi connectivity index (χ1v) is 10.3. The van der Waals surface area contributed by atoms with E-state index in [4.69, 9.17) is 11.6 Å². The Kier molecular flexibility index (Phi) is 6.91. The molecule has 3 rings (SSSR count). The smallest absolute Gasteiger partial charge is 0.255 e. The highest BCUT2D eigenvalue weighted by molar-refractivity contribution is 6.33. The van der Waals surface area contributed by atoms with Crippen LogP contribution in [0, 0.1) is 17.7 Å². The maximum absolute atomic E-state index is 13.8. The number of carbonyl (C=O) groups is 2. The molecule has 0 spiro atoms. The molecule has 4 nitrogen and oxygen atoms in total. The van der Waals surface area contributed by atoms with Crippen molar-refractivity contribution in [3.05, 3.63) is 70.5 Å². The number of carbonyl (C=O) groups excluding carboxylic acids is 2. The zero-order valence-corrected chi connectivity index (χ0v) is 17.5. The Labute approximate surface area is 176 Å². The van der Waals surface area contributed by atoms with Gasteiger partial charge in [0, 0.05) is 25.6 Å². The van der Waals surface area contributed by atoms with Crippen LogP contribution in [0.4, 0.5) is 4.39 Å². The highest BCUT2D eigenvalue weighted by atomic mass is 35.5. The van der Waals surface area contributed by atoms with Gasteiger partial charge in [0.2, 0.25) is 5.91 Å². The van der Waals surface area contributed by atoms with Gasteiger partial charge in [-0.15, -0.1) is 0 Å². The molecule has 1 fully saturated rings. The zero-order valence-electron chi connectivity index (χ0n) is 16.7. The minimum absolute atomic E-state index is 0.102. The molecule has 1 aliphatic rings. The molecule has 2 aromatic rings. The largest absolute Gasteiger partial charge is 0.356 e. The summed E-state index contributed by atoms with van der Waals surface area (Å²) < 4.78 is 13.8. The Morgan fingerprint density at radius 3 is 2.62 bits per heavy atom. The fourth-order valence-electron chi connectivity index (χ4n) is 3.73. The predicted octanol–water partition coefficient (Wildman–Crippen LogP) is 4.50. The van der Waals surface area contributed by atoms with E-state index in [0.29, 0.717) is 29.6 Å². The average Bonchev–Trinajstić information content (AvgIpc) is 3.13. The Bertz CT molecular complexity index is 887. The van der Waals surface area contributed by atoms with Crippen molar-refractivity contribution in [2.45, 2.75) is 26.2 Å². The molecule has 29 heavy (non-hydrogen) atoms. The summed E-state index contributed by atoms with van der Waals surface area (Å²) in [4.78, 5) is 27.6. The topological polar surface area (TPSA) is 49.4 Å². The van der Waals surface area contributed by atoms with Gasteiger partial charge in [-0.1, -0.05) is 49.7 Å². The standard InChI is InChI=1S/C23H26ClFN2O2/c1-15(2)10-11-26-22(28)20-14-27(23(29)18-8-3-4-9-21(18)24)13-19(20)16-6-5-7-17(25)12-16/h3-9,12,15,19-20H,10-11,13-14H2,1-2H3,(H,26,28)/t19-,20-/m0/s1. The lowest BCUT2D eigenvalue weighted by Gasteiger charge is -2.18. The first-order valence-electron chi connectivity index (χ1n) is 9.93. The van der Waals surface area contributed by atoms with Crippen molar-refractivity contribution in [3.63, 3.8) is 0 Å². The van der Waals surface area contributed by atoms with Gasteiger partial charge in [0.15, 0.2) is 0 Å². The monoisotopic (exact) mass is 416 g/mol. The van der Waals surface area contributed by atoms with E-state index in [9.17, 15) is 14.0 Å². The van der Waals surface area contributed by atoms with E-state index in [1.165, 1.54) is 12.1 Å². The molecule has 154 valence electrons. The average molecular weight is 417 g/mol. The van der Waals surface area contributed by atoms with Crippen LogP contribution in [0.2, 0.25) is 5.02 Å². The number of rotatable bonds is 6. The zero-order chi connectivity index (χ0) is 21.0. The summed E-state index contributed by atoms with van der Waals surface area (Å²) in [5.41, 5.74) is 1.14. The molecular weight excluding hydrogens is 391 g/mol. The molecule has 2 atom stereocenters. The van der Waals surface area contributed by atoms with Crippen molar-refractivity contribution in [1.82, 2.24) is 10.2 Å². The predicted molar refractivity (Wildman–Crippen MR) is 112 cm³/mol. The Balaban J connectivity index is 1.82. The van der Waals surface area contributed by atoms with Crippen molar-refractivity contribution < 1.29 is 14.0 Å². The van der Waals surface area contributed by atoms with Crippen LogP contribution in [-0.2, 0) is 4.79 Å². The molecular formula is C23H26ClFN2O2. The van der Waals surface area contributed by atoms with Crippen LogP contribution in [0.25, 0.3) is 0 Å². The second kappa shape index (κ2) is 9.40. The first kappa shape index (κ1) is 21.3. The second-order valence-corrected chi connectivity index (χ2v) is 8.34. The van der Waals surface area contributed by atoms with Crippen LogP contribution in [0.5, 0.6) is 0 Å². The van der Waals surface area contributed by atoms with E-state index >= 15 is 0 Å². The fraction of sp³-hybridized carbons (Fsp3) is 0.391. The first-order chi connectivity index (χ1) is 13.9. The highest BCUT2D eigenvalue weighted by Gasteiger charge is 2.40. The molecule has 2 aromatic carbocycles. The van der Waals surface area contributed by atoms with Crippen molar-refractivity contribution in [2.75, 3.05) is 19.6 Å². The molecule has 2 amide bonds. The molecule has 0 unspecified atom stereocenters. The van der Waals surface area contributed by atoms with Crippen LogP contribution >= 0.6 is 11.6 Å². The summed E-state index contributed by atoms with van der Waals surface area (Å²) in [6.07, 6.45) is 0.880. The summed E-state index contributed by atoms with van der Waals surface area (Å²) in [5, 5.41) is 3.36. The normalized spacial score (nSPS) is 18.9. The molecule has 0 aromatic heterocycles. The molecule has 0 saturated carbocycles. The minimum atomic E-state index is -0.435. The van der Waals surface area contributed by atoms with Crippen LogP contribution < -0.4 is 5.32 Å². The van der Waals surface area contributed by atoms with Crippen LogP contribution in [0.3, 0.4) is 0 Å². The minimum Gasteiger partial charge on any atom is -0.356 e. The van der Waals surface area contributed by atoms with Crippen LogP contribution in [0.15, 0.2) is 48.5 Å². The number of nitrogens with one attached hydrogen (secondary N) is 1. The van der Waals surface area contributed by atoms with Crippen molar-refractivity contribution >= 4 is 23.4 Å². The molecule has 0 aliphatic carbocycles. The van der Waals surface area contributed by atoms with Gasteiger partial charge in [-0.3, -0.25) is 9.59 Å². The molecule has 0 bridgehead atoms. The highest BCUT2D eigenvalue weighted by Crippen LogP contribution is 2.34. The van der Waals surface area contributed by atoms with Crippen LogP contribution in [-0.4, -0.2) is 36.3 Å². The summed E-state index contributed by atoms with van der Waals surface area (Å²) in [6, 6.07) is 13.1. The van der Waals surface area contributed by atoms with Gasteiger partial charge in [-0.2, -0.15) is 0 Å². The van der Waals surface area contributed by atoms with E-state index in [-0.39, 0.29) is 30.1 Å². The van der Waals surface area contributed by atoms with Gasteiger partial charge < -0.3 is 10.2 Å². The number of benzene rings is 2. The van der Waals surface area contributed by atoms with Crippen molar-refractivity contribution in [2.24, 2.45) is 11.8 Å².